The van der Waals surface area contributed by atoms with Gasteiger partial charge in [0.25, 0.3) is 21.5 Å². The third-order valence-corrected chi connectivity index (χ3v) is 6.28. The van der Waals surface area contributed by atoms with Gasteiger partial charge in [-0.25, -0.2) is 18.1 Å². The fourth-order valence-electron chi connectivity index (χ4n) is 2.90. The standard InChI is InChI=1S/C17H19N3O4S2/c1-11-6-8-12(9-7-11)26(23,24)19-15(21)10-20-16(22)13-4-3-5-14(13)18-17(20)25-2/h6-9H,3-5,10H2,1-2H3,(H,19,21). The van der Waals surface area contributed by atoms with Gasteiger partial charge in [-0.3, -0.25) is 14.2 Å². The topological polar surface area (TPSA) is 98.1 Å². The van der Waals surface area contributed by atoms with Gasteiger partial charge in [0, 0.05) is 5.56 Å². The molecule has 1 aromatic carbocycles. The predicted octanol–water partition coefficient (Wildman–Crippen LogP) is 1.27. The van der Waals surface area contributed by atoms with Gasteiger partial charge >= 0.3 is 0 Å². The number of rotatable bonds is 5. The molecule has 0 saturated heterocycles. The minimum Gasteiger partial charge on any atom is -0.278 e. The Morgan fingerprint density at radius 1 is 1.27 bits per heavy atom. The molecule has 0 unspecified atom stereocenters. The van der Waals surface area contributed by atoms with E-state index in [1.165, 1.54) is 28.5 Å². The van der Waals surface area contributed by atoms with Gasteiger partial charge in [-0.05, 0) is 44.6 Å². The first kappa shape index (κ1) is 18.7. The van der Waals surface area contributed by atoms with Gasteiger partial charge < -0.3 is 0 Å². The summed E-state index contributed by atoms with van der Waals surface area (Å²) in [5.41, 5.74) is 2.05. The van der Waals surface area contributed by atoms with Crippen LogP contribution in [0.3, 0.4) is 0 Å². The van der Waals surface area contributed by atoms with Gasteiger partial charge in [0.15, 0.2) is 5.16 Å². The summed E-state index contributed by atoms with van der Waals surface area (Å²) in [6.45, 7) is 1.45. The van der Waals surface area contributed by atoms with E-state index in [2.05, 4.69) is 4.98 Å². The van der Waals surface area contributed by atoms with Gasteiger partial charge in [0.2, 0.25) is 0 Å². The van der Waals surface area contributed by atoms with E-state index in [1.54, 1.807) is 18.4 Å². The van der Waals surface area contributed by atoms with Crippen molar-refractivity contribution in [1.82, 2.24) is 14.3 Å². The number of nitrogens with zero attached hydrogens (tertiary/aromatic N) is 2. The van der Waals surface area contributed by atoms with E-state index in [9.17, 15) is 18.0 Å². The smallest absolute Gasteiger partial charge is 0.264 e. The maximum absolute atomic E-state index is 12.6. The van der Waals surface area contributed by atoms with Crippen LogP contribution in [0.5, 0.6) is 0 Å². The Balaban J connectivity index is 1.85. The zero-order chi connectivity index (χ0) is 18.9. The number of fused-ring (bicyclic) bond motifs is 1. The summed E-state index contributed by atoms with van der Waals surface area (Å²) in [5.74, 6) is -0.775. The molecule has 0 spiro atoms. The van der Waals surface area contributed by atoms with Gasteiger partial charge in [-0.1, -0.05) is 29.5 Å². The summed E-state index contributed by atoms with van der Waals surface area (Å²) in [5, 5.41) is 0.415. The van der Waals surface area contributed by atoms with E-state index in [-0.39, 0.29) is 17.0 Å². The van der Waals surface area contributed by atoms with Crippen molar-refractivity contribution >= 4 is 27.7 Å². The molecule has 0 bridgehead atoms. The average Bonchev–Trinajstić information content (AvgIpc) is 3.06. The van der Waals surface area contributed by atoms with Crippen molar-refractivity contribution in [1.29, 1.82) is 0 Å². The van der Waals surface area contributed by atoms with Crippen LogP contribution in [-0.4, -0.2) is 30.1 Å². The summed E-state index contributed by atoms with van der Waals surface area (Å²) >= 11 is 1.26. The van der Waals surface area contributed by atoms with E-state index in [4.69, 9.17) is 0 Å². The third kappa shape index (κ3) is 3.68. The third-order valence-electron chi connectivity index (χ3n) is 4.22. The number of aromatic nitrogens is 2. The van der Waals surface area contributed by atoms with Gasteiger partial charge in [-0.2, -0.15) is 0 Å². The second-order valence-corrected chi connectivity index (χ2v) is 8.57. The summed E-state index contributed by atoms with van der Waals surface area (Å²) in [6, 6.07) is 6.17. The minimum atomic E-state index is -3.98. The fourth-order valence-corrected chi connectivity index (χ4v) is 4.45. The number of sulfonamides is 1. The summed E-state index contributed by atoms with van der Waals surface area (Å²) in [6.07, 6.45) is 4.02. The van der Waals surface area contributed by atoms with E-state index in [1.807, 2.05) is 11.6 Å². The van der Waals surface area contributed by atoms with Crippen molar-refractivity contribution in [3.8, 4) is 0 Å². The van der Waals surface area contributed by atoms with Crippen LogP contribution in [0.2, 0.25) is 0 Å². The van der Waals surface area contributed by atoms with Gasteiger partial charge in [0.1, 0.15) is 6.54 Å². The van der Waals surface area contributed by atoms with Gasteiger partial charge in [-0.15, -0.1) is 0 Å². The van der Waals surface area contributed by atoms with Crippen LogP contribution >= 0.6 is 11.8 Å². The lowest BCUT2D eigenvalue weighted by Crippen LogP contribution is -2.37. The highest BCUT2D eigenvalue weighted by Crippen LogP contribution is 2.20. The number of carbonyl (C=O) groups excluding carboxylic acids is 1. The molecule has 0 aliphatic heterocycles. The predicted molar refractivity (Wildman–Crippen MR) is 98.8 cm³/mol. The Bertz CT molecular complexity index is 1010. The van der Waals surface area contributed by atoms with Crippen molar-refractivity contribution in [3.05, 3.63) is 51.4 Å². The molecule has 0 fully saturated rings. The first-order valence-electron chi connectivity index (χ1n) is 8.10. The normalized spacial score (nSPS) is 13.5. The highest BCUT2D eigenvalue weighted by Gasteiger charge is 2.23. The molecule has 1 aromatic heterocycles. The van der Waals surface area contributed by atoms with Crippen LogP contribution in [0.15, 0.2) is 39.1 Å². The molecular weight excluding hydrogens is 374 g/mol. The zero-order valence-corrected chi connectivity index (χ0v) is 16.1. The van der Waals surface area contributed by atoms with Crippen molar-refractivity contribution in [2.75, 3.05) is 6.26 Å². The molecule has 2 aromatic rings. The van der Waals surface area contributed by atoms with Crippen LogP contribution in [0.4, 0.5) is 0 Å². The molecule has 26 heavy (non-hydrogen) atoms. The van der Waals surface area contributed by atoms with E-state index in [0.29, 0.717) is 17.1 Å². The van der Waals surface area contributed by atoms with Crippen molar-refractivity contribution in [2.24, 2.45) is 0 Å². The average molecular weight is 393 g/mol. The molecule has 7 nitrogen and oxygen atoms in total. The van der Waals surface area contributed by atoms with Crippen LogP contribution in [0.25, 0.3) is 0 Å². The maximum atomic E-state index is 12.6. The first-order valence-corrected chi connectivity index (χ1v) is 10.8. The van der Waals surface area contributed by atoms with Crippen molar-refractivity contribution < 1.29 is 13.2 Å². The monoisotopic (exact) mass is 393 g/mol. The number of thioether (sulfide) groups is 1. The summed E-state index contributed by atoms with van der Waals surface area (Å²) < 4.78 is 27.9. The fraction of sp³-hybridized carbons (Fsp3) is 0.353. The quantitative estimate of drug-likeness (QED) is 0.607. The molecule has 0 atom stereocenters. The molecule has 1 N–H and O–H groups in total. The summed E-state index contributed by atoms with van der Waals surface area (Å²) in [4.78, 5) is 29.4. The zero-order valence-electron chi connectivity index (χ0n) is 14.5. The van der Waals surface area contributed by atoms with Crippen LogP contribution in [-0.2, 0) is 34.2 Å². The number of hydrogen-bond donors (Lipinski definition) is 1. The molecule has 138 valence electrons. The molecule has 1 aliphatic rings. The summed E-state index contributed by atoms with van der Waals surface area (Å²) in [7, 11) is -3.98. The van der Waals surface area contributed by atoms with E-state index in [0.717, 1.165) is 24.1 Å². The molecule has 1 aliphatic carbocycles. The molecule has 1 amide bonds. The number of amides is 1. The van der Waals surface area contributed by atoms with Crippen molar-refractivity contribution in [2.45, 2.75) is 42.8 Å². The SMILES string of the molecule is CSc1nc2c(c(=O)n1CC(=O)NS(=O)(=O)c1ccc(C)cc1)CCC2. The molecular formula is C17H19N3O4S2. The number of benzene rings is 1. The van der Waals surface area contributed by atoms with Crippen LogP contribution < -0.4 is 10.3 Å². The Morgan fingerprint density at radius 2 is 1.96 bits per heavy atom. The largest absolute Gasteiger partial charge is 0.278 e. The molecule has 0 radical (unpaired) electrons. The van der Waals surface area contributed by atoms with Crippen molar-refractivity contribution in [3.63, 3.8) is 0 Å². The number of hydrogen-bond acceptors (Lipinski definition) is 6. The molecule has 3 rings (SSSR count). The Labute approximate surface area is 155 Å². The number of nitrogens with one attached hydrogen (secondary N) is 1. The lowest BCUT2D eigenvalue weighted by molar-refractivity contribution is -0.120. The van der Waals surface area contributed by atoms with Crippen LogP contribution in [0.1, 0.15) is 23.2 Å². The Kier molecular flexibility index (Phi) is 5.19. The first-order chi connectivity index (χ1) is 12.3. The molecule has 9 heteroatoms. The Morgan fingerprint density at radius 3 is 2.62 bits per heavy atom. The lowest BCUT2D eigenvalue weighted by Gasteiger charge is -2.13. The maximum Gasteiger partial charge on any atom is 0.264 e. The number of aryl methyl sites for hydroxylation is 2. The molecule has 0 saturated carbocycles. The lowest BCUT2D eigenvalue weighted by atomic mass is 10.2. The highest BCUT2D eigenvalue weighted by molar-refractivity contribution is 7.98. The van der Waals surface area contributed by atoms with E-state index >= 15 is 0 Å². The Hall–Kier alpha value is -2.13. The van der Waals surface area contributed by atoms with E-state index < -0.39 is 15.9 Å². The van der Waals surface area contributed by atoms with Crippen LogP contribution in [0, 0.1) is 6.92 Å². The van der Waals surface area contributed by atoms with Gasteiger partial charge in [0.05, 0.1) is 10.6 Å². The minimum absolute atomic E-state index is 0.000894. The highest BCUT2D eigenvalue weighted by atomic mass is 32.2. The number of carbonyl (C=O) groups is 1. The second-order valence-electron chi connectivity index (χ2n) is 6.11. The molecule has 1 heterocycles. The second kappa shape index (κ2) is 7.24.